The number of allylic oxidation sites excluding steroid dienone is 1. The van der Waals surface area contributed by atoms with E-state index >= 15 is 0 Å². The first-order valence-electron chi connectivity index (χ1n) is 4.84. The Morgan fingerprint density at radius 2 is 2.19 bits per heavy atom. The van der Waals surface area contributed by atoms with E-state index in [0.717, 1.165) is 5.56 Å². The summed E-state index contributed by atoms with van der Waals surface area (Å²) in [5.74, 6) is 0.679. The number of hydrogen-bond acceptors (Lipinski definition) is 3. The summed E-state index contributed by atoms with van der Waals surface area (Å²) in [5.41, 5.74) is 0.755. The summed E-state index contributed by atoms with van der Waals surface area (Å²) < 4.78 is 27.4. The van der Waals surface area contributed by atoms with Crippen molar-refractivity contribution in [2.75, 3.05) is 7.11 Å². The number of hydrogen-bond donors (Lipinski definition) is 1. The molecule has 0 spiro atoms. The lowest BCUT2D eigenvalue weighted by Crippen LogP contribution is -2.13. The van der Waals surface area contributed by atoms with E-state index in [2.05, 4.69) is 0 Å². The zero-order chi connectivity index (χ0) is 12.2. The summed E-state index contributed by atoms with van der Waals surface area (Å²) in [6.45, 7) is 1.75. The predicted octanol–water partition coefficient (Wildman–Crippen LogP) is 1.73. The minimum atomic E-state index is -3.61. The molecule has 0 aliphatic heterocycles. The number of ether oxygens (including phenoxy) is 1. The molecule has 1 aromatic carbocycles. The van der Waals surface area contributed by atoms with E-state index in [9.17, 15) is 8.42 Å². The fourth-order valence-corrected chi connectivity index (χ4v) is 2.01. The Kier molecular flexibility index (Phi) is 4.09. The highest BCUT2D eigenvalue weighted by Gasteiger charge is 2.09. The van der Waals surface area contributed by atoms with Crippen molar-refractivity contribution in [2.45, 2.75) is 13.3 Å². The van der Waals surface area contributed by atoms with Crippen LogP contribution in [0.1, 0.15) is 18.9 Å². The Morgan fingerprint density at radius 1 is 1.50 bits per heavy atom. The van der Waals surface area contributed by atoms with E-state index in [1.54, 1.807) is 44.4 Å². The third kappa shape index (κ3) is 3.36. The summed E-state index contributed by atoms with van der Waals surface area (Å²) in [5, 5.41) is 5.08. The van der Waals surface area contributed by atoms with Gasteiger partial charge in [0.25, 0.3) is 0 Å². The molecule has 0 radical (unpaired) electrons. The Hall–Kier alpha value is -1.33. The van der Waals surface area contributed by atoms with Crippen molar-refractivity contribution in [3.05, 3.63) is 34.7 Å². The summed E-state index contributed by atoms with van der Waals surface area (Å²) in [7, 11) is -2.05. The van der Waals surface area contributed by atoms with Gasteiger partial charge in [-0.2, -0.15) is 0 Å². The molecule has 0 heterocycles. The average molecular weight is 241 g/mol. The van der Waals surface area contributed by atoms with E-state index in [1.165, 1.54) is 0 Å². The number of rotatable bonds is 4. The van der Waals surface area contributed by atoms with Crippen molar-refractivity contribution in [1.29, 1.82) is 0 Å². The first-order chi connectivity index (χ1) is 7.47. The van der Waals surface area contributed by atoms with Crippen LogP contribution in [0, 0.1) is 0 Å². The molecule has 0 aliphatic carbocycles. The quantitative estimate of drug-likeness (QED) is 0.872. The van der Waals surface area contributed by atoms with E-state index in [-0.39, 0.29) is 4.91 Å². The number of benzene rings is 1. The molecule has 5 heteroatoms. The van der Waals surface area contributed by atoms with E-state index < -0.39 is 10.0 Å². The molecule has 88 valence electrons. The van der Waals surface area contributed by atoms with Crippen molar-refractivity contribution in [3.8, 4) is 5.75 Å². The zero-order valence-electron chi connectivity index (χ0n) is 9.30. The van der Waals surface area contributed by atoms with Gasteiger partial charge in [0.1, 0.15) is 5.75 Å². The first kappa shape index (κ1) is 12.7. The summed E-state index contributed by atoms with van der Waals surface area (Å²) >= 11 is 0. The molecule has 16 heavy (non-hydrogen) atoms. The van der Waals surface area contributed by atoms with Crippen LogP contribution < -0.4 is 9.88 Å². The molecule has 0 aromatic heterocycles. The minimum Gasteiger partial charge on any atom is -0.497 e. The summed E-state index contributed by atoms with van der Waals surface area (Å²) in [4.78, 5) is 0.209. The second kappa shape index (κ2) is 5.14. The molecule has 1 aromatic rings. The van der Waals surface area contributed by atoms with Crippen molar-refractivity contribution < 1.29 is 13.2 Å². The van der Waals surface area contributed by atoms with Crippen LogP contribution in [0.2, 0.25) is 0 Å². The number of primary sulfonamides is 1. The Balaban J connectivity index is 3.14. The standard InChI is InChI=1S/C11H15NO3S/c1-3-11(16(12,13)14)8-9-5-4-6-10(7-9)15-2/h4-8H,3H2,1-2H3,(H2,12,13,14). The molecule has 4 nitrogen and oxygen atoms in total. The molecule has 0 saturated carbocycles. The summed E-state index contributed by atoms with van der Waals surface area (Å²) in [6.07, 6.45) is 1.92. The predicted molar refractivity (Wildman–Crippen MR) is 64.4 cm³/mol. The van der Waals surface area contributed by atoms with Crippen molar-refractivity contribution >= 4 is 16.1 Å². The molecule has 1 rings (SSSR count). The highest BCUT2D eigenvalue weighted by atomic mass is 32.2. The lowest BCUT2D eigenvalue weighted by Gasteiger charge is -2.03. The smallest absolute Gasteiger partial charge is 0.234 e. The van der Waals surface area contributed by atoms with E-state index in [1.807, 2.05) is 0 Å². The number of methoxy groups -OCH3 is 1. The van der Waals surface area contributed by atoms with Crippen LogP contribution in [-0.4, -0.2) is 15.5 Å². The van der Waals surface area contributed by atoms with E-state index in [4.69, 9.17) is 9.88 Å². The fourth-order valence-electron chi connectivity index (χ4n) is 1.30. The number of sulfonamides is 1. The van der Waals surface area contributed by atoms with Crippen molar-refractivity contribution in [1.82, 2.24) is 0 Å². The van der Waals surface area contributed by atoms with Gasteiger partial charge in [-0.1, -0.05) is 19.1 Å². The maximum Gasteiger partial charge on any atom is 0.234 e. The van der Waals surface area contributed by atoms with Gasteiger partial charge in [-0.05, 0) is 30.2 Å². The molecule has 0 bridgehead atoms. The van der Waals surface area contributed by atoms with Crippen molar-refractivity contribution in [2.24, 2.45) is 5.14 Å². The van der Waals surface area contributed by atoms with Crippen LogP contribution in [0.4, 0.5) is 0 Å². The second-order valence-corrected chi connectivity index (χ2v) is 4.90. The second-order valence-electron chi connectivity index (χ2n) is 3.29. The largest absolute Gasteiger partial charge is 0.497 e. The molecule has 0 aliphatic rings. The van der Waals surface area contributed by atoms with Gasteiger partial charge in [-0.15, -0.1) is 0 Å². The third-order valence-corrected chi connectivity index (χ3v) is 3.27. The maximum atomic E-state index is 11.2. The molecule has 2 N–H and O–H groups in total. The topological polar surface area (TPSA) is 69.4 Å². The third-order valence-electron chi connectivity index (χ3n) is 2.14. The molecule has 0 unspecified atom stereocenters. The number of nitrogens with two attached hydrogens (primary N) is 1. The highest BCUT2D eigenvalue weighted by Crippen LogP contribution is 2.17. The lowest BCUT2D eigenvalue weighted by molar-refractivity contribution is 0.414. The Bertz CT molecular complexity index is 492. The zero-order valence-corrected chi connectivity index (χ0v) is 10.1. The Morgan fingerprint density at radius 3 is 2.69 bits per heavy atom. The molecule has 0 amide bonds. The van der Waals surface area contributed by atoms with Crippen LogP contribution >= 0.6 is 0 Å². The van der Waals surface area contributed by atoms with Gasteiger partial charge in [0.15, 0.2) is 0 Å². The maximum absolute atomic E-state index is 11.2. The molecule has 0 saturated heterocycles. The van der Waals surface area contributed by atoms with Gasteiger partial charge in [0, 0.05) is 0 Å². The van der Waals surface area contributed by atoms with Crippen LogP contribution in [0.3, 0.4) is 0 Å². The van der Waals surface area contributed by atoms with Gasteiger partial charge in [-0.3, -0.25) is 0 Å². The minimum absolute atomic E-state index is 0.209. The lowest BCUT2D eigenvalue weighted by atomic mass is 10.2. The van der Waals surface area contributed by atoms with Crippen LogP contribution in [0.5, 0.6) is 5.75 Å². The van der Waals surface area contributed by atoms with Gasteiger partial charge < -0.3 is 4.74 Å². The van der Waals surface area contributed by atoms with Crippen molar-refractivity contribution in [3.63, 3.8) is 0 Å². The molecular weight excluding hydrogens is 226 g/mol. The molecular formula is C11H15NO3S. The van der Waals surface area contributed by atoms with E-state index in [0.29, 0.717) is 12.2 Å². The average Bonchev–Trinajstić information content (AvgIpc) is 2.24. The fraction of sp³-hybridized carbons (Fsp3) is 0.273. The van der Waals surface area contributed by atoms with Gasteiger partial charge in [0.05, 0.1) is 12.0 Å². The van der Waals surface area contributed by atoms with Crippen LogP contribution in [-0.2, 0) is 10.0 Å². The first-order valence-corrected chi connectivity index (χ1v) is 6.39. The van der Waals surface area contributed by atoms with Crippen LogP contribution in [0.25, 0.3) is 6.08 Å². The Labute approximate surface area is 95.8 Å². The SMILES string of the molecule is CCC(=Cc1cccc(OC)c1)S(N)(=O)=O. The van der Waals surface area contributed by atoms with Crippen LogP contribution in [0.15, 0.2) is 29.2 Å². The van der Waals surface area contributed by atoms with Gasteiger partial charge >= 0.3 is 0 Å². The highest BCUT2D eigenvalue weighted by molar-refractivity contribution is 7.93. The van der Waals surface area contributed by atoms with Gasteiger partial charge in [0.2, 0.25) is 10.0 Å². The normalized spacial score (nSPS) is 12.6. The molecule has 0 atom stereocenters. The van der Waals surface area contributed by atoms with Gasteiger partial charge in [-0.25, -0.2) is 13.6 Å². The monoisotopic (exact) mass is 241 g/mol. The molecule has 0 fully saturated rings. The summed E-state index contributed by atoms with van der Waals surface area (Å²) in [6, 6.07) is 7.13.